The first-order valence-electron chi connectivity index (χ1n) is 5.49. The van der Waals surface area contributed by atoms with Gasteiger partial charge in [-0.3, -0.25) is 0 Å². The van der Waals surface area contributed by atoms with Crippen molar-refractivity contribution in [1.82, 2.24) is 0 Å². The zero-order valence-electron chi connectivity index (χ0n) is 10.4. The monoisotopic (exact) mass is 207 g/mol. The van der Waals surface area contributed by atoms with Crippen LogP contribution in [0, 0.1) is 0 Å². The first-order valence-corrected chi connectivity index (χ1v) is 5.49. The van der Waals surface area contributed by atoms with Gasteiger partial charge in [0.2, 0.25) is 0 Å². The number of methoxy groups -OCH3 is 1. The SMILES string of the molecule is CCc1ccc(OC)cc1N(C)C(C)C. The number of hydrogen-bond donors (Lipinski definition) is 0. The van der Waals surface area contributed by atoms with E-state index in [9.17, 15) is 0 Å². The van der Waals surface area contributed by atoms with Crippen molar-refractivity contribution in [3.8, 4) is 5.75 Å². The van der Waals surface area contributed by atoms with Crippen LogP contribution in [0.4, 0.5) is 5.69 Å². The van der Waals surface area contributed by atoms with E-state index < -0.39 is 0 Å². The first-order chi connectivity index (χ1) is 7.10. The summed E-state index contributed by atoms with van der Waals surface area (Å²) in [6, 6.07) is 6.78. The molecule has 0 atom stereocenters. The van der Waals surface area contributed by atoms with Crippen molar-refractivity contribution in [2.45, 2.75) is 33.2 Å². The Hall–Kier alpha value is -1.18. The summed E-state index contributed by atoms with van der Waals surface area (Å²) in [5.41, 5.74) is 2.64. The molecule has 1 rings (SSSR count). The zero-order valence-corrected chi connectivity index (χ0v) is 10.4. The Balaban J connectivity index is 3.11. The van der Waals surface area contributed by atoms with E-state index in [1.165, 1.54) is 11.3 Å². The highest BCUT2D eigenvalue weighted by atomic mass is 16.5. The molecular weight excluding hydrogens is 186 g/mol. The van der Waals surface area contributed by atoms with Gasteiger partial charge in [-0.25, -0.2) is 0 Å². The topological polar surface area (TPSA) is 12.5 Å². The molecular formula is C13H21NO. The van der Waals surface area contributed by atoms with E-state index in [0.29, 0.717) is 6.04 Å². The molecule has 2 heteroatoms. The molecule has 0 unspecified atom stereocenters. The van der Waals surface area contributed by atoms with Crippen molar-refractivity contribution in [2.24, 2.45) is 0 Å². The number of rotatable bonds is 4. The van der Waals surface area contributed by atoms with Gasteiger partial charge in [0.1, 0.15) is 5.75 Å². The molecule has 1 aromatic carbocycles. The molecule has 0 aliphatic carbocycles. The summed E-state index contributed by atoms with van der Waals surface area (Å²) >= 11 is 0. The molecule has 0 fully saturated rings. The van der Waals surface area contributed by atoms with E-state index in [0.717, 1.165) is 12.2 Å². The minimum atomic E-state index is 0.502. The minimum absolute atomic E-state index is 0.502. The zero-order chi connectivity index (χ0) is 11.4. The average Bonchev–Trinajstić information content (AvgIpc) is 2.27. The molecule has 2 nitrogen and oxygen atoms in total. The summed E-state index contributed by atoms with van der Waals surface area (Å²) in [6.45, 7) is 6.57. The lowest BCUT2D eigenvalue weighted by atomic mass is 10.1. The van der Waals surface area contributed by atoms with Gasteiger partial charge in [-0.15, -0.1) is 0 Å². The third-order valence-corrected chi connectivity index (χ3v) is 2.83. The number of hydrogen-bond acceptors (Lipinski definition) is 2. The van der Waals surface area contributed by atoms with E-state index >= 15 is 0 Å². The fourth-order valence-corrected chi connectivity index (χ4v) is 1.58. The Morgan fingerprint density at radius 1 is 1.33 bits per heavy atom. The highest BCUT2D eigenvalue weighted by molar-refractivity contribution is 5.57. The summed E-state index contributed by atoms with van der Waals surface area (Å²) < 4.78 is 5.26. The van der Waals surface area contributed by atoms with Gasteiger partial charge in [-0.2, -0.15) is 0 Å². The smallest absolute Gasteiger partial charge is 0.120 e. The highest BCUT2D eigenvalue weighted by Gasteiger charge is 2.10. The predicted molar refractivity (Wildman–Crippen MR) is 65.9 cm³/mol. The molecule has 0 aliphatic heterocycles. The molecule has 84 valence electrons. The lowest BCUT2D eigenvalue weighted by Crippen LogP contribution is -2.26. The normalized spacial score (nSPS) is 10.5. The van der Waals surface area contributed by atoms with Crippen LogP contribution in [-0.2, 0) is 6.42 Å². The quantitative estimate of drug-likeness (QED) is 0.752. The number of nitrogens with zero attached hydrogens (tertiary/aromatic N) is 1. The maximum atomic E-state index is 5.26. The van der Waals surface area contributed by atoms with Crippen molar-refractivity contribution in [1.29, 1.82) is 0 Å². The van der Waals surface area contributed by atoms with Gasteiger partial charge >= 0.3 is 0 Å². The van der Waals surface area contributed by atoms with E-state index in [1.807, 2.05) is 6.07 Å². The average molecular weight is 207 g/mol. The second-order valence-electron chi connectivity index (χ2n) is 4.05. The van der Waals surface area contributed by atoms with Crippen molar-refractivity contribution in [2.75, 3.05) is 19.1 Å². The van der Waals surface area contributed by atoms with Gasteiger partial charge in [0, 0.05) is 24.8 Å². The summed E-state index contributed by atoms with van der Waals surface area (Å²) in [5.74, 6) is 0.926. The predicted octanol–water partition coefficient (Wildman–Crippen LogP) is 3.10. The Bertz CT molecular complexity index is 320. The van der Waals surface area contributed by atoms with Crippen molar-refractivity contribution in [3.05, 3.63) is 23.8 Å². The largest absolute Gasteiger partial charge is 0.497 e. The fraction of sp³-hybridized carbons (Fsp3) is 0.538. The highest BCUT2D eigenvalue weighted by Crippen LogP contribution is 2.26. The first kappa shape index (κ1) is 11.9. The number of benzene rings is 1. The second-order valence-corrected chi connectivity index (χ2v) is 4.05. The standard InChI is InChI=1S/C13H21NO/c1-6-11-7-8-12(15-5)9-13(11)14(4)10(2)3/h7-10H,6H2,1-5H3. The minimum Gasteiger partial charge on any atom is -0.497 e. The van der Waals surface area contributed by atoms with Crippen LogP contribution in [0.2, 0.25) is 0 Å². The van der Waals surface area contributed by atoms with Crippen LogP contribution in [0.25, 0.3) is 0 Å². The van der Waals surface area contributed by atoms with Crippen LogP contribution in [0.15, 0.2) is 18.2 Å². The van der Waals surface area contributed by atoms with Gasteiger partial charge in [0.15, 0.2) is 0 Å². The Labute approximate surface area is 92.9 Å². The summed E-state index contributed by atoms with van der Waals surface area (Å²) in [7, 11) is 3.83. The Kier molecular flexibility index (Phi) is 4.01. The number of anilines is 1. The molecule has 0 spiro atoms. The van der Waals surface area contributed by atoms with Gasteiger partial charge in [-0.1, -0.05) is 13.0 Å². The molecule has 0 saturated carbocycles. The van der Waals surface area contributed by atoms with E-state index in [1.54, 1.807) is 7.11 Å². The maximum Gasteiger partial charge on any atom is 0.120 e. The third-order valence-electron chi connectivity index (χ3n) is 2.83. The van der Waals surface area contributed by atoms with E-state index in [2.05, 4.69) is 44.9 Å². The van der Waals surface area contributed by atoms with E-state index in [-0.39, 0.29) is 0 Å². The maximum absolute atomic E-state index is 5.26. The van der Waals surface area contributed by atoms with Gasteiger partial charge in [0.25, 0.3) is 0 Å². The van der Waals surface area contributed by atoms with Crippen molar-refractivity contribution < 1.29 is 4.74 Å². The van der Waals surface area contributed by atoms with Crippen LogP contribution >= 0.6 is 0 Å². The van der Waals surface area contributed by atoms with Crippen molar-refractivity contribution >= 4 is 5.69 Å². The fourth-order valence-electron chi connectivity index (χ4n) is 1.58. The molecule has 0 amide bonds. The molecule has 0 bridgehead atoms. The van der Waals surface area contributed by atoms with Gasteiger partial charge < -0.3 is 9.64 Å². The lowest BCUT2D eigenvalue weighted by Gasteiger charge is -2.26. The van der Waals surface area contributed by atoms with Crippen LogP contribution < -0.4 is 9.64 Å². The molecule has 0 heterocycles. The molecule has 0 radical (unpaired) electrons. The molecule has 0 aliphatic rings. The van der Waals surface area contributed by atoms with Crippen molar-refractivity contribution in [3.63, 3.8) is 0 Å². The lowest BCUT2D eigenvalue weighted by molar-refractivity contribution is 0.414. The summed E-state index contributed by atoms with van der Waals surface area (Å²) in [5, 5.41) is 0. The third kappa shape index (κ3) is 2.65. The van der Waals surface area contributed by atoms with Crippen LogP contribution in [0.5, 0.6) is 5.75 Å². The van der Waals surface area contributed by atoms with Crippen LogP contribution in [-0.4, -0.2) is 20.2 Å². The van der Waals surface area contributed by atoms with E-state index in [4.69, 9.17) is 4.74 Å². The molecule has 0 N–H and O–H groups in total. The number of aryl methyl sites for hydroxylation is 1. The summed E-state index contributed by atoms with van der Waals surface area (Å²) in [6.07, 6.45) is 1.05. The van der Waals surface area contributed by atoms with Gasteiger partial charge in [-0.05, 0) is 31.9 Å². The molecule has 0 aromatic heterocycles. The molecule has 15 heavy (non-hydrogen) atoms. The molecule has 0 saturated heterocycles. The van der Waals surface area contributed by atoms with Crippen LogP contribution in [0.1, 0.15) is 26.3 Å². The van der Waals surface area contributed by atoms with Crippen LogP contribution in [0.3, 0.4) is 0 Å². The summed E-state index contributed by atoms with van der Waals surface area (Å²) in [4.78, 5) is 2.28. The molecule has 1 aromatic rings. The second kappa shape index (κ2) is 5.06. The number of ether oxygens (including phenoxy) is 1. The van der Waals surface area contributed by atoms with Gasteiger partial charge in [0.05, 0.1) is 7.11 Å². The Morgan fingerprint density at radius 3 is 2.47 bits per heavy atom. The Morgan fingerprint density at radius 2 is 2.00 bits per heavy atom.